The molecule has 0 aliphatic heterocycles. The molecule has 0 aromatic rings. The van der Waals surface area contributed by atoms with Crippen LogP contribution in [0.1, 0.15) is 19.3 Å². The van der Waals surface area contributed by atoms with Crippen molar-refractivity contribution in [1.29, 1.82) is 0 Å². The predicted molar refractivity (Wildman–Crippen MR) is 41.5 cm³/mol. The number of ether oxygens (including phenoxy) is 1. The van der Waals surface area contributed by atoms with Gasteiger partial charge in [-0.15, -0.1) is 0 Å². The highest BCUT2D eigenvalue weighted by Crippen LogP contribution is 2.47. The van der Waals surface area contributed by atoms with Gasteiger partial charge in [-0.25, -0.2) is 4.39 Å². The average molecular weight is 212 g/mol. The summed E-state index contributed by atoms with van der Waals surface area (Å²) in [4.78, 5) is 0. The minimum atomic E-state index is -4.35. The summed E-state index contributed by atoms with van der Waals surface area (Å²) in [6, 6.07) is 0. The van der Waals surface area contributed by atoms with Gasteiger partial charge in [0, 0.05) is 0 Å². The van der Waals surface area contributed by atoms with Crippen molar-refractivity contribution in [2.24, 2.45) is 11.8 Å². The van der Waals surface area contributed by atoms with E-state index >= 15 is 0 Å². The molecule has 5 heteroatoms. The van der Waals surface area contributed by atoms with E-state index in [4.69, 9.17) is 0 Å². The number of rotatable bonds is 2. The molecule has 2 rings (SSSR count). The molecular weight excluding hydrogens is 200 g/mol. The van der Waals surface area contributed by atoms with Crippen LogP contribution < -0.4 is 0 Å². The standard InChI is InChI=1S/C9H12F4O/c10-7-5-1-2-6(3-5)8(7)14-4-9(11,12)13/h5-8H,1-4H2/t5-,6+,7+,8+/m0/s1. The first-order valence-corrected chi connectivity index (χ1v) is 4.80. The second-order valence-electron chi connectivity index (χ2n) is 4.17. The van der Waals surface area contributed by atoms with Gasteiger partial charge >= 0.3 is 6.18 Å². The number of hydrogen-bond donors (Lipinski definition) is 0. The third kappa shape index (κ3) is 1.87. The molecule has 1 nitrogen and oxygen atoms in total. The minimum Gasteiger partial charge on any atom is -0.365 e. The van der Waals surface area contributed by atoms with E-state index in [1.807, 2.05) is 0 Å². The molecule has 0 unspecified atom stereocenters. The first kappa shape index (κ1) is 10.2. The number of halogens is 4. The molecule has 0 amide bonds. The minimum absolute atomic E-state index is 0.0114. The molecule has 2 fully saturated rings. The topological polar surface area (TPSA) is 9.23 Å². The van der Waals surface area contributed by atoms with Crippen LogP contribution in [0.25, 0.3) is 0 Å². The van der Waals surface area contributed by atoms with Gasteiger partial charge in [0.05, 0.1) is 6.10 Å². The Labute approximate surface area is 79.4 Å². The van der Waals surface area contributed by atoms with E-state index in [9.17, 15) is 17.6 Å². The van der Waals surface area contributed by atoms with Crippen molar-refractivity contribution in [2.45, 2.75) is 37.7 Å². The fourth-order valence-electron chi connectivity index (χ4n) is 2.59. The van der Waals surface area contributed by atoms with E-state index in [-0.39, 0.29) is 11.8 Å². The monoisotopic (exact) mass is 212 g/mol. The Balaban J connectivity index is 1.87. The third-order valence-electron chi connectivity index (χ3n) is 3.18. The van der Waals surface area contributed by atoms with Crippen LogP contribution in [-0.4, -0.2) is 25.1 Å². The molecule has 4 atom stereocenters. The van der Waals surface area contributed by atoms with Crippen molar-refractivity contribution in [3.05, 3.63) is 0 Å². The van der Waals surface area contributed by atoms with Crippen LogP contribution in [0.4, 0.5) is 17.6 Å². The lowest BCUT2D eigenvalue weighted by Gasteiger charge is -2.25. The highest BCUT2D eigenvalue weighted by Gasteiger charge is 2.49. The van der Waals surface area contributed by atoms with Crippen LogP contribution in [0, 0.1) is 11.8 Å². The Morgan fingerprint density at radius 3 is 2.29 bits per heavy atom. The second kappa shape index (κ2) is 3.36. The maximum Gasteiger partial charge on any atom is 0.411 e. The van der Waals surface area contributed by atoms with Gasteiger partial charge < -0.3 is 4.74 Å². The first-order valence-electron chi connectivity index (χ1n) is 4.80. The van der Waals surface area contributed by atoms with Gasteiger partial charge in [-0.3, -0.25) is 0 Å². The maximum atomic E-state index is 13.4. The number of fused-ring (bicyclic) bond motifs is 2. The summed E-state index contributed by atoms with van der Waals surface area (Å²) in [6.45, 7) is -1.32. The summed E-state index contributed by atoms with van der Waals surface area (Å²) < 4.78 is 53.5. The molecule has 2 saturated carbocycles. The Bertz CT molecular complexity index is 213. The van der Waals surface area contributed by atoms with Gasteiger partial charge in [-0.05, 0) is 31.1 Å². The Morgan fingerprint density at radius 2 is 1.79 bits per heavy atom. The summed E-state index contributed by atoms with van der Waals surface area (Å²) >= 11 is 0. The lowest BCUT2D eigenvalue weighted by Crippen LogP contribution is -2.34. The van der Waals surface area contributed by atoms with Crippen molar-refractivity contribution < 1.29 is 22.3 Å². The molecule has 2 bridgehead atoms. The summed E-state index contributed by atoms with van der Waals surface area (Å²) in [5.74, 6) is -0.0458. The van der Waals surface area contributed by atoms with Crippen molar-refractivity contribution in [3.8, 4) is 0 Å². The largest absolute Gasteiger partial charge is 0.411 e. The summed E-state index contributed by atoms with van der Waals surface area (Å²) in [7, 11) is 0. The smallest absolute Gasteiger partial charge is 0.365 e. The molecule has 0 aromatic heterocycles. The summed E-state index contributed by atoms with van der Waals surface area (Å²) in [6.07, 6.45) is -4.03. The van der Waals surface area contributed by atoms with Gasteiger partial charge in [0.25, 0.3) is 0 Å². The molecule has 14 heavy (non-hydrogen) atoms. The Kier molecular flexibility index (Phi) is 2.45. The predicted octanol–water partition coefficient (Wildman–Crippen LogP) is 2.70. The van der Waals surface area contributed by atoms with E-state index < -0.39 is 25.1 Å². The molecule has 0 saturated heterocycles. The number of alkyl halides is 4. The third-order valence-corrected chi connectivity index (χ3v) is 3.18. The average Bonchev–Trinajstić information content (AvgIpc) is 2.60. The molecule has 0 N–H and O–H groups in total. The van der Waals surface area contributed by atoms with Crippen LogP contribution in [0.15, 0.2) is 0 Å². The van der Waals surface area contributed by atoms with Gasteiger partial charge in [0.1, 0.15) is 12.8 Å². The zero-order valence-corrected chi connectivity index (χ0v) is 7.56. The fourth-order valence-corrected chi connectivity index (χ4v) is 2.59. The highest BCUT2D eigenvalue weighted by atomic mass is 19.4. The van der Waals surface area contributed by atoms with E-state index in [0.29, 0.717) is 6.42 Å². The zero-order valence-electron chi connectivity index (χ0n) is 7.56. The van der Waals surface area contributed by atoms with Crippen LogP contribution in [0.5, 0.6) is 0 Å². The van der Waals surface area contributed by atoms with Gasteiger partial charge in [0.15, 0.2) is 0 Å². The summed E-state index contributed by atoms with van der Waals surface area (Å²) in [5.41, 5.74) is 0. The molecule has 82 valence electrons. The normalized spacial score (nSPS) is 42.0. The quantitative estimate of drug-likeness (QED) is 0.639. The van der Waals surface area contributed by atoms with Crippen molar-refractivity contribution in [3.63, 3.8) is 0 Å². The molecule has 0 spiro atoms. The van der Waals surface area contributed by atoms with E-state index in [2.05, 4.69) is 4.74 Å². The second-order valence-corrected chi connectivity index (χ2v) is 4.17. The van der Waals surface area contributed by atoms with Crippen molar-refractivity contribution >= 4 is 0 Å². The van der Waals surface area contributed by atoms with Crippen LogP contribution in [0.3, 0.4) is 0 Å². The SMILES string of the molecule is F[C@@H]1[C@H]2CC[C@H](C2)[C@H]1OCC(F)(F)F. The highest BCUT2D eigenvalue weighted by molar-refractivity contribution is 4.98. The molecular formula is C9H12F4O. The van der Waals surface area contributed by atoms with Gasteiger partial charge in [-0.2, -0.15) is 13.2 Å². The first-order chi connectivity index (χ1) is 6.47. The van der Waals surface area contributed by atoms with Crippen LogP contribution in [0.2, 0.25) is 0 Å². The molecule has 2 aliphatic rings. The Morgan fingerprint density at radius 1 is 1.14 bits per heavy atom. The van der Waals surface area contributed by atoms with Gasteiger partial charge in [0.2, 0.25) is 0 Å². The van der Waals surface area contributed by atoms with Crippen molar-refractivity contribution in [2.75, 3.05) is 6.61 Å². The van der Waals surface area contributed by atoms with E-state index in [1.54, 1.807) is 0 Å². The zero-order chi connectivity index (χ0) is 10.3. The van der Waals surface area contributed by atoms with E-state index in [1.165, 1.54) is 0 Å². The van der Waals surface area contributed by atoms with Crippen LogP contribution >= 0.6 is 0 Å². The molecule has 0 radical (unpaired) electrons. The molecule has 2 aliphatic carbocycles. The maximum absolute atomic E-state index is 13.4. The van der Waals surface area contributed by atoms with E-state index in [0.717, 1.165) is 12.8 Å². The summed E-state index contributed by atoms with van der Waals surface area (Å²) in [5, 5.41) is 0. The lowest BCUT2D eigenvalue weighted by molar-refractivity contribution is -0.195. The number of hydrogen-bond acceptors (Lipinski definition) is 1. The molecule has 0 heterocycles. The van der Waals surface area contributed by atoms with Crippen LogP contribution in [-0.2, 0) is 4.74 Å². The Hall–Kier alpha value is -0.320. The molecule has 0 aromatic carbocycles. The van der Waals surface area contributed by atoms with Gasteiger partial charge in [-0.1, -0.05) is 0 Å². The lowest BCUT2D eigenvalue weighted by atomic mass is 9.96. The fraction of sp³-hybridized carbons (Fsp3) is 1.00. The van der Waals surface area contributed by atoms with Crippen molar-refractivity contribution in [1.82, 2.24) is 0 Å².